The van der Waals surface area contributed by atoms with E-state index < -0.39 is 0 Å². The molecule has 1 aliphatic rings. The van der Waals surface area contributed by atoms with Crippen molar-refractivity contribution in [3.63, 3.8) is 0 Å². The molecule has 0 saturated carbocycles. The second kappa shape index (κ2) is 3.98. The van der Waals surface area contributed by atoms with Gasteiger partial charge in [0.15, 0.2) is 5.78 Å². The maximum absolute atomic E-state index is 12.2. The van der Waals surface area contributed by atoms with Crippen molar-refractivity contribution in [2.24, 2.45) is 0 Å². The fraction of sp³-hybridized carbons (Fsp3) is 0.312. The Bertz CT molecular complexity index is 636. The topological polar surface area (TPSA) is 39.4 Å². The van der Waals surface area contributed by atoms with Crippen LogP contribution < -0.4 is 4.74 Å². The van der Waals surface area contributed by atoms with Gasteiger partial charge in [-0.15, -0.1) is 0 Å². The van der Waals surface area contributed by atoms with Crippen molar-refractivity contribution in [1.82, 2.24) is 0 Å². The van der Waals surface area contributed by atoms with E-state index in [-0.39, 0.29) is 11.2 Å². The minimum absolute atomic E-state index is 0.0998. The van der Waals surface area contributed by atoms with Crippen LogP contribution in [-0.4, -0.2) is 12.9 Å². The Kier molecular flexibility index (Phi) is 2.52. The van der Waals surface area contributed by atoms with Crippen LogP contribution in [0.4, 0.5) is 0 Å². The van der Waals surface area contributed by atoms with E-state index in [2.05, 4.69) is 13.8 Å². The van der Waals surface area contributed by atoms with Gasteiger partial charge >= 0.3 is 0 Å². The minimum Gasteiger partial charge on any atom is -0.468 e. The number of hydrogen-bond acceptors (Lipinski definition) is 3. The molecule has 1 aliphatic carbocycles. The molecule has 0 amide bonds. The van der Waals surface area contributed by atoms with E-state index in [9.17, 15) is 4.79 Å². The molecule has 0 radical (unpaired) electrons. The van der Waals surface area contributed by atoms with Gasteiger partial charge in [0.1, 0.15) is 11.3 Å². The van der Waals surface area contributed by atoms with Crippen LogP contribution in [0.1, 0.15) is 36.2 Å². The van der Waals surface area contributed by atoms with Gasteiger partial charge in [-0.25, -0.2) is 0 Å². The van der Waals surface area contributed by atoms with Crippen LogP contribution in [0.25, 0.3) is 11.3 Å². The Morgan fingerprint density at radius 3 is 2.53 bits per heavy atom. The first kappa shape index (κ1) is 12.0. The molecule has 0 atom stereocenters. The van der Waals surface area contributed by atoms with Crippen LogP contribution in [0, 0.1) is 0 Å². The van der Waals surface area contributed by atoms with Crippen LogP contribution in [0.3, 0.4) is 0 Å². The molecule has 2 aromatic rings. The Balaban J connectivity index is 2.29. The molecule has 0 spiro atoms. The van der Waals surface area contributed by atoms with Crippen LogP contribution in [0.2, 0.25) is 0 Å². The molecule has 1 aromatic carbocycles. The Morgan fingerprint density at radius 1 is 1.21 bits per heavy atom. The van der Waals surface area contributed by atoms with Crippen LogP contribution in [-0.2, 0) is 5.41 Å². The fourth-order valence-corrected chi connectivity index (χ4v) is 2.82. The number of rotatable bonds is 2. The van der Waals surface area contributed by atoms with Crippen LogP contribution in [0.15, 0.2) is 34.7 Å². The van der Waals surface area contributed by atoms with Gasteiger partial charge in [-0.1, -0.05) is 44.2 Å². The third-order valence-electron chi connectivity index (χ3n) is 3.66. The number of ketones is 1. The average molecular weight is 256 g/mol. The lowest BCUT2D eigenvalue weighted by molar-refractivity contribution is 0.0973. The molecule has 1 aromatic heterocycles. The molecule has 0 bridgehead atoms. The third-order valence-corrected chi connectivity index (χ3v) is 3.66. The van der Waals surface area contributed by atoms with Crippen molar-refractivity contribution in [2.75, 3.05) is 7.11 Å². The highest BCUT2D eigenvalue weighted by Crippen LogP contribution is 2.49. The number of benzene rings is 1. The van der Waals surface area contributed by atoms with Gasteiger partial charge in [-0.3, -0.25) is 4.79 Å². The summed E-state index contributed by atoms with van der Waals surface area (Å²) in [5.74, 6) is 1.19. The quantitative estimate of drug-likeness (QED) is 0.820. The van der Waals surface area contributed by atoms with E-state index in [1.165, 1.54) is 7.11 Å². The summed E-state index contributed by atoms with van der Waals surface area (Å²) in [5, 5.41) is 0. The molecule has 19 heavy (non-hydrogen) atoms. The fourth-order valence-electron chi connectivity index (χ4n) is 2.82. The smallest absolute Gasteiger partial charge is 0.296 e. The predicted molar refractivity (Wildman–Crippen MR) is 72.7 cm³/mol. The zero-order chi connectivity index (χ0) is 13.6. The summed E-state index contributed by atoms with van der Waals surface area (Å²) in [4.78, 5) is 12.2. The highest BCUT2D eigenvalue weighted by molar-refractivity contribution is 6.05. The van der Waals surface area contributed by atoms with Gasteiger partial charge < -0.3 is 9.15 Å². The van der Waals surface area contributed by atoms with Crippen molar-refractivity contribution >= 4 is 5.78 Å². The molecule has 0 unspecified atom stereocenters. The molecule has 3 nitrogen and oxygen atoms in total. The Hall–Kier alpha value is -2.03. The monoisotopic (exact) mass is 256 g/mol. The zero-order valence-electron chi connectivity index (χ0n) is 11.3. The van der Waals surface area contributed by atoms with E-state index in [0.29, 0.717) is 17.9 Å². The largest absolute Gasteiger partial charge is 0.468 e. The van der Waals surface area contributed by atoms with E-state index in [1.54, 1.807) is 0 Å². The molecule has 1 heterocycles. The lowest BCUT2D eigenvalue weighted by Gasteiger charge is -2.17. The predicted octanol–water partition coefficient (Wildman–Crippen LogP) is 3.82. The average Bonchev–Trinajstić information content (AvgIpc) is 2.89. The molecular formula is C16H16O3. The minimum atomic E-state index is -0.210. The van der Waals surface area contributed by atoms with Gasteiger partial charge in [-0.05, 0) is 0 Å². The number of ether oxygens (including phenoxy) is 1. The summed E-state index contributed by atoms with van der Waals surface area (Å²) < 4.78 is 11.0. The number of carbonyl (C=O) groups excluding carboxylic acids is 1. The van der Waals surface area contributed by atoms with E-state index in [0.717, 1.165) is 16.9 Å². The summed E-state index contributed by atoms with van der Waals surface area (Å²) in [6.45, 7) is 4.14. The second-order valence-corrected chi connectivity index (χ2v) is 5.52. The Labute approximate surface area is 112 Å². The summed E-state index contributed by atoms with van der Waals surface area (Å²) in [6, 6.07) is 9.84. The third kappa shape index (κ3) is 1.69. The highest BCUT2D eigenvalue weighted by atomic mass is 16.6. The van der Waals surface area contributed by atoms with E-state index >= 15 is 0 Å². The SMILES string of the molecule is COc1oc(-c2ccccc2)c2c1C(=O)CC2(C)C. The van der Waals surface area contributed by atoms with Crippen molar-refractivity contribution in [3.05, 3.63) is 41.5 Å². The van der Waals surface area contributed by atoms with Gasteiger partial charge in [-0.2, -0.15) is 0 Å². The molecular weight excluding hydrogens is 240 g/mol. The summed E-state index contributed by atoms with van der Waals surface area (Å²) >= 11 is 0. The number of Topliss-reactive ketones (excluding diaryl/α,β-unsaturated/α-hetero) is 1. The number of furan rings is 1. The first-order valence-electron chi connectivity index (χ1n) is 6.34. The zero-order valence-corrected chi connectivity index (χ0v) is 11.3. The normalized spacial score (nSPS) is 16.5. The molecule has 0 saturated heterocycles. The maximum Gasteiger partial charge on any atom is 0.296 e. The summed E-state index contributed by atoms with van der Waals surface area (Å²) in [6.07, 6.45) is 0.504. The van der Waals surface area contributed by atoms with Crippen molar-refractivity contribution < 1.29 is 13.9 Å². The van der Waals surface area contributed by atoms with Gasteiger partial charge in [0.2, 0.25) is 0 Å². The van der Waals surface area contributed by atoms with E-state index in [4.69, 9.17) is 9.15 Å². The number of fused-ring (bicyclic) bond motifs is 1. The molecule has 0 fully saturated rings. The van der Waals surface area contributed by atoms with Crippen molar-refractivity contribution in [1.29, 1.82) is 0 Å². The van der Waals surface area contributed by atoms with Crippen LogP contribution >= 0.6 is 0 Å². The maximum atomic E-state index is 12.2. The van der Waals surface area contributed by atoms with Gasteiger partial charge in [0.05, 0.1) is 7.11 Å². The number of hydrogen-bond donors (Lipinski definition) is 0. The van der Waals surface area contributed by atoms with Crippen molar-refractivity contribution in [3.8, 4) is 17.3 Å². The summed E-state index contributed by atoms with van der Waals surface area (Å²) in [5.41, 5.74) is 2.36. The molecule has 3 heteroatoms. The first-order chi connectivity index (χ1) is 9.04. The van der Waals surface area contributed by atoms with Gasteiger partial charge in [0.25, 0.3) is 5.95 Å². The van der Waals surface area contributed by atoms with Gasteiger partial charge in [0, 0.05) is 23.0 Å². The molecule has 3 rings (SSSR count). The Morgan fingerprint density at radius 2 is 1.89 bits per heavy atom. The standard InChI is InChI=1S/C16H16O3/c1-16(2)9-11(17)12-13(16)14(19-15(12)18-3)10-7-5-4-6-8-10/h4-8H,9H2,1-3H3. The molecule has 0 N–H and O–H groups in total. The van der Waals surface area contributed by atoms with E-state index in [1.807, 2.05) is 30.3 Å². The first-order valence-corrected chi connectivity index (χ1v) is 6.34. The number of methoxy groups -OCH3 is 1. The molecule has 98 valence electrons. The highest BCUT2D eigenvalue weighted by Gasteiger charge is 2.44. The van der Waals surface area contributed by atoms with Crippen molar-refractivity contribution in [2.45, 2.75) is 25.7 Å². The lowest BCUT2D eigenvalue weighted by Crippen LogP contribution is -2.13. The summed E-state index contributed by atoms with van der Waals surface area (Å²) in [7, 11) is 1.53. The lowest BCUT2D eigenvalue weighted by atomic mass is 9.85. The van der Waals surface area contributed by atoms with Crippen LogP contribution in [0.5, 0.6) is 5.95 Å². The second-order valence-electron chi connectivity index (χ2n) is 5.52. The number of carbonyl (C=O) groups is 1. The molecule has 0 aliphatic heterocycles.